The third-order valence-corrected chi connectivity index (χ3v) is 5.71. The fourth-order valence-electron chi connectivity index (χ4n) is 4.01. The second kappa shape index (κ2) is 8.97. The number of methoxy groups -OCH3 is 1. The number of hydrogen-bond acceptors (Lipinski definition) is 3. The highest BCUT2D eigenvalue weighted by molar-refractivity contribution is 5.87. The van der Waals surface area contributed by atoms with Crippen molar-refractivity contribution in [2.75, 3.05) is 7.11 Å². The van der Waals surface area contributed by atoms with Crippen LogP contribution >= 0.6 is 0 Å². The average molecular weight is 454 g/mol. The van der Waals surface area contributed by atoms with Gasteiger partial charge in [-0.3, -0.25) is 9.59 Å². The van der Waals surface area contributed by atoms with Crippen molar-refractivity contribution in [1.29, 1.82) is 0 Å². The Balaban J connectivity index is 1.74. The topological polar surface area (TPSA) is 53.2 Å². The van der Waals surface area contributed by atoms with Gasteiger partial charge in [0.15, 0.2) is 0 Å². The molecule has 0 radical (unpaired) electrons. The van der Waals surface area contributed by atoms with Crippen LogP contribution in [0.3, 0.4) is 0 Å². The van der Waals surface area contributed by atoms with Crippen LogP contribution in [0.2, 0.25) is 0 Å². The Morgan fingerprint density at radius 2 is 1.73 bits per heavy atom. The van der Waals surface area contributed by atoms with Crippen molar-refractivity contribution in [3.63, 3.8) is 0 Å². The van der Waals surface area contributed by atoms with Gasteiger partial charge in [0.2, 0.25) is 0 Å². The van der Waals surface area contributed by atoms with Crippen LogP contribution in [0.15, 0.2) is 59.5 Å². The number of aromatic nitrogens is 2. The molecule has 0 aliphatic carbocycles. The zero-order chi connectivity index (χ0) is 23.7. The van der Waals surface area contributed by atoms with E-state index in [9.17, 15) is 22.8 Å². The van der Waals surface area contributed by atoms with Crippen LogP contribution in [0.5, 0.6) is 0 Å². The van der Waals surface area contributed by atoms with Crippen molar-refractivity contribution < 1.29 is 22.7 Å². The molecule has 5 nitrogen and oxygen atoms in total. The number of benzene rings is 2. The molecule has 0 atom stereocenters. The van der Waals surface area contributed by atoms with Crippen LogP contribution in [0.1, 0.15) is 22.4 Å². The third-order valence-electron chi connectivity index (χ3n) is 5.71. The number of halogens is 3. The lowest BCUT2D eigenvalue weighted by Gasteiger charge is -2.10. The summed E-state index contributed by atoms with van der Waals surface area (Å²) in [7, 11) is 1.30. The lowest BCUT2D eigenvalue weighted by Crippen LogP contribution is -2.20. The zero-order valence-corrected chi connectivity index (χ0v) is 18.1. The maximum atomic E-state index is 14.1. The van der Waals surface area contributed by atoms with Gasteiger partial charge in [0.1, 0.15) is 24.0 Å². The molecule has 0 saturated carbocycles. The number of fused-ring (bicyclic) bond motifs is 1. The fraction of sp³-hybridized carbons (Fsp3) is 0.200. The Kier molecular flexibility index (Phi) is 6.09. The van der Waals surface area contributed by atoms with Gasteiger partial charge in [-0.15, -0.1) is 0 Å². The van der Waals surface area contributed by atoms with E-state index in [4.69, 9.17) is 4.74 Å². The molecule has 0 unspecified atom stereocenters. The molecule has 33 heavy (non-hydrogen) atoms. The minimum Gasteiger partial charge on any atom is -0.468 e. The first-order valence-corrected chi connectivity index (χ1v) is 10.2. The van der Waals surface area contributed by atoms with Gasteiger partial charge >= 0.3 is 5.97 Å². The summed E-state index contributed by atoms with van der Waals surface area (Å²) < 4.78 is 49.5. The maximum absolute atomic E-state index is 14.1. The summed E-state index contributed by atoms with van der Waals surface area (Å²) in [6.07, 6.45) is 1.92. The highest BCUT2D eigenvalue weighted by atomic mass is 19.1. The lowest BCUT2D eigenvalue weighted by molar-refractivity contribution is -0.141. The van der Waals surface area contributed by atoms with E-state index in [1.807, 2.05) is 6.92 Å². The first-order valence-electron chi connectivity index (χ1n) is 10.2. The summed E-state index contributed by atoms with van der Waals surface area (Å²) in [6, 6.07) is 10.4. The van der Waals surface area contributed by atoms with E-state index in [1.165, 1.54) is 29.9 Å². The molecule has 4 aromatic rings. The molecule has 4 rings (SSSR count). The van der Waals surface area contributed by atoms with E-state index in [1.54, 1.807) is 22.9 Å². The molecular weight excluding hydrogens is 433 g/mol. The molecule has 0 N–H and O–H groups in total. The number of carbonyl (C=O) groups excluding carboxylic acids is 1. The van der Waals surface area contributed by atoms with E-state index in [0.29, 0.717) is 17.3 Å². The molecule has 0 fully saturated rings. The Bertz CT molecular complexity index is 1420. The molecule has 8 heteroatoms. The number of rotatable bonds is 6. The Labute approximate surface area is 187 Å². The average Bonchev–Trinajstić information content (AvgIpc) is 3.03. The molecule has 2 aromatic heterocycles. The second-order valence-corrected chi connectivity index (χ2v) is 7.80. The normalized spacial score (nSPS) is 11.2. The third kappa shape index (κ3) is 4.55. The van der Waals surface area contributed by atoms with Crippen LogP contribution in [-0.2, 0) is 29.0 Å². The molecule has 2 aromatic carbocycles. The summed E-state index contributed by atoms with van der Waals surface area (Å²) >= 11 is 0. The molecule has 0 saturated heterocycles. The Hall–Kier alpha value is -3.81. The van der Waals surface area contributed by atoms with Gasteiger partial charge in [-0.2, -0.15) is 0 Å². The summed E-state index contributed by atoms with van der Waals surface area (Å²) in [4.78, 5) is 24.3. The van der Waals surface area contributed by atoms with Gasteiger partial charge in [-0.25, -0.2) is 13.2 Å². The highest BCUT2D eigenvalue weighted by Gasteiger charge is 2.18. The molecule has 0 aliphatic heterocycles. The minimum absolute atomic E-state index is 0.0250. The first-order chi connectivity index (χ1) is 15.8. The van der Waals surface area contributed by atoms with E-state index in [0.717, 1.165) is 35.0 Å². The van der Waals surface area contributed by atoms with Gasteiger partial charge in [0.25, 0.3) is 5.56 Å². The fourth-order valence-corrected chi connectivity index (χ4v) is 4.01. The van der Waals surface area contributed by atoms with E-state index < -0.39 is 23.4 Å². The number of nitrogens with zero attached hydrogens (tertiary/aromatic N) is 2. The van der Waals surface area contributed by atoms with Crippen LogP contribution in [0.25, 0.3) is 10.9 Å². The van der Waals surface area contributed by atoms with Gasteiger partial charge in [-0.1, -0.05) is 6.07 Å². The SMILES string of the molecule is COC(=O)Cn1c(C)c(Cc2ccc(=O)n(Cc3cc(F)ccc3F)c2)c2cc(F)ccc21. The van der Waals surface area contributed by atoms with Crippen molar-refractivity contribution in [1.82, 2.24) is 9.13 Å². The van der Waals surface area contributed by atoms with E-state index in [-0.39, 0.29) is 24.2 Å². The molecule has 0 aliphatic rings. The Morgan fingerprint density at radius 1 is 1.00 bits per heavy atom. The molecular formula is C25H21F3N2O3. The summed E-state index contributed by atoms with van der Waals surface area (Å²) in [5.74, 6) is -2.04. The molecule has 0 amide bonds. The summed E-state index contributed by atoms with van der Waals surface area (Å²) in [5, 5.41) is 0.644. The van der Waals surface area contributed by atoms with Gasteiger partial charge in [-0.05, 0) is 54.4 Å². The molecule has 170 valence electrons. The number of carbonyl (C=O) groups is 1. The zero-order valence-electron chi connectivity index (χ0n) is 18.1. The number of hydrogen-bond donors (Lipinski definition) is 0. The lowest BCUT2D eigenvalue weighted by atomic mass is 10.0. The van der Waals surface area contributed by atoms with E-state index >= 15 is 0 Å². The van der Waals surface area contributed by atoms with Crippen LogP contribution < -0.4 is 5.56 Å². The molecule has 0 bridgehead atoms. The van der Waals surface area contributed by atoms with Gasteiger partial charge in [0.05, 0.1) is 13.7 Å². The minimum atomic E-state index is -0.606. The monoisotopic (exact) mass is 454 g/mol. The van der Waals surface area contributed by atoms with Crippen molar-refractivity contribution in [3.8, 4) is 0 Å². The smallest absolute Gasteiger partial charge is 0.325 e. The number of pyridine rings is 1. The quantitative estimate of drug-likeness (QED) is 0.408. The van der Waals surface area contributed by atoms with Crippen LogP contribution in [0, 0.1) is 24.4 Å². The molecule has 0 spiro atoms. The maximum Gasteiger partial charge on any atom is 0.325 e. The first kappa shape index (κ1) is 22.4. The largest absolute Gasteiger partial charge is 0.468 e. The van der Waals surface area contributed by atoms with Gasteiger partial charge in [0, 0.05) is 40.8 Å². The predicted octanol–water partition coefficient (Wildman–Crippen LogP) is 4.34. The van der Waals surface area contributed by atoms with Crippen molar-refractivity contribution in [2.45, 2.75) is 26.4 Å². The van der Waals surface area contributed by atoms with Crippen LogP contribution in [0.4, 0.5) is 13.2 Å². The highest BCUT2D eigenvalue weighted by Crippen LogP contribution is 2.29. The summed E-state index contributed by atoms with van der Waals surface area (Å²) in [5.41, 5.74) is 2.64. The number of esters is 1. The predicted molar refractivity (Wildman–Crippen MR) is 118 cm³/mol. The van der Waals surface area contributed by atoms with Gasteiger partial charge < -0.3 is 13.9 Å². The number of ether oxygens (including phenoxy) is 1. The summed E-state index contributed by atoms with van der Waals surface area (Å²) in [6.45, 7) is 1.67. The van der Waals surface area contributed by atoms with Crippen LogP contribution in [-0.4, -0.2) is 22.2 Å². The standard InChI is InChI=1S/C25H21F3N2O3/c1-15-20(21-11-19(27)5-7-23(21)30(15)14-25(32)33-2)9-16-3-8-24(31)29(12-16)13-17-10-18(26)4-6-22(17)28/h3-8,10-12H,9,13-14H2,1-2H3. The van der Waals surface area contributed by atoms with Crippen molar-refractivity contribution in [2.24, 2.45) is 0 Å². The Morgan fingerprint density at radius 3 is 2.48 bits per heavy atom. The molecule has 2 heterocycles. The van der Waals surface area contributed by atoms with E-state index in [2.05, 4.69) is 0 Å². The van der Waals surface area contributed by atoms with Crippen molar-refractivity contribution in [3.05, 3.63) is 105 Å². The second-order valence-electron chi connectivity index (χ2n) is 7.80. The van der Waals surface area contributed by atoms with Crippen molar-refractivity contribution >= 4 is 16.9 Å².